The van der Waals surface area contributed by atoms with Crippen LogP contribution in [0.3, 0.4) is 0 Å². The van der Waals surface area contributed by atoms with Crippen LogP contribution in [0.25, 0.3) is 16.9 Å². The summed E-state index contributed by atoms with van der Waals surface area (Å²) in [4.78, 5) is 15.0. The maximum Gasteiger partial charge on any atom is 0.306 e. The highest BCUT2D eigenvalue weighted by Gasteiger charge is 2.17. The van der Waals surface area contributed by atoms with E-state index in [0.717, 1.165) is 41.3 Å². The van der Waals surface area contributed by atoms with Gasteiger partial charge in [0.1, 0.15) is 5.03 Å². The lowest BCUT2D eigenvalue weighted by Crippen LogP contribution is -2.33. The molecule has 0 bridgehead atoms. The fourth-order valence-corrected chi connectivity index (χ4v) is 6.68. The molecule has 43 heavy (non-hydrogen) atoms. The molecule has 214 valence electrons. The Morgan fingerprint density at radius 3 is 2.12 bits per heavy atom. The van der Waals surface area contributed by atoms with Crippen LogP contribution >= 0.6 is 11.8 Å². The summed E-state index contributed by atoms with van der Waals surface area (Å²) in [6, 6.07) is 32.9. The van der Waals surface area contributed by atoms with Gasteiger partial charge in [0.15, 0.2) is 25.0 Å². The van der Waals surface area contributed by atoms with Crippen LogP contribution < -0.4 is 14.0 Å². The van der Waals surface area contributed by atoms with E-state index in [0.29, 0.717) is 0 Å². The first-order valence-corrected chi connectivity index (χ1v) is 16.1. The lowest BCUT2D eigenvalue weighted by Gasteiger charge is -2.16. The molecular formula is C36H36N6S+2. The molecule has 0 amide bonds. The monoisotopic (exact) mass is 584 g/mol. The number of hydrogen-bond acceptors (Lipinski definition) is 4. The molecule has 3 aromatic carbocycles. The van der Waals surface area contributed by atoms with E-state index in [1.807, 2.05) is 12.4 Å². The highest BCUT2D eigenvalue weighted by Crippen LogP contribution is 2.25. The molecule has 0 spiro atoms. The number of H-pyrrole nitrogens is 1. The maximum atomic E-state index is 4.58. The van der Waals surface area contributed by atoms with Gasteiger partial charge in [-0.1, -0.05) is 83.5 Å². The van der Waals surface area contributed by atoms with Gasteiger partial charge in [-0.05, 0) is 47.9 Å². The van der Waals surface area contributed by atoms with E-state index in [1.54, 1.807) is 18.1 Å². The molecule has 6 aromatic rings. The molecule has 0 unspecified atom stereocenters. The third-order valence-electron chi connectivity index (χ3n) is 8.24. The Bertz CT molecular complexity index is 1780. The van der Waals surface area contributed by atoms with E-state index < -0.39 is 0 Å². The summed E-state index contributed by atoms with van der Waals surface area (Å²) >= 11 is 1.73. The number of pyridine rings is 1. The second-order valence-corrected chi connectivity index (χ2v) is 12.2. The van der Waals surface area contributed by atoms with Crippen molar-refractivity contribution in [3.63, 3.8) is 0 Å². The average Bonchev–Trinajstić information content (AvgIpc) is 3.76. The van der Waals surface area contributed by atoms with Crippen LogP contribution in [0.2, 0.25) is 0 Å². The minimum absolute atomic E-state index is 0.762. The first-order valence-electron chi connectivity index (χ1n) is 15.1. The number of thioether (sulfide) groups is 1. The highest BCUT2D eigenvalue weighted by atomic mass is 32.2. The van der Waals surface area contributed by atoms with Crippen molar-refractivity contribution in [1.82, 2.24) is 15.0 Å². The van der Waals surface area contributed by atoms with Gasteiger partial charge in [-0.2, -0.15) is 4.57 Å². The highest BCUT2D eigenvalue weighted by molar-refractivity contribution is 7.98. The topological polar surface area (TPSA) is 52.6 Å². The normalized spacial score (nSPS) is 13.2. The molecule has 1 N–H and O–H groups in total. The van der Waals surface area contributed by atoms with Gasteiger partial charge in [0, 0.05) is 48.8 Å². The molecule has 1 saturated heterocycles. The van der Waals surface area contributed by atoms with Crippen LogP contribution in [-0.2, 0) is 25.1 Å². The first kappa shape index (κ1) is 27.3. The number of rotatable bonds is 10. The van der Waals surface area contributed by atoms with Gasteiger partial charge in [0.25, 0.3) is 0 Å². The minimum atomic E-state index is 0.762. The SMILES string of the molecule is c1ccc(CSc2ncnc3c2[nH]c[n+]3Cc2ccc(CCc3ccc(-[n+]4ccc(N5CCCC5)cc4)cc3)cc2)cc1. The third-order valence-corrected chi connectivity index (χ3v) is 9.30. The summed E-state index contributed by atoms with van der Waals surface area (Å²) in [5.41, 5.74) is 9.69. The predicted octanol–water partition coefficient (Wildman–Crippen LogP) is 6.25. The average molecular weight is 585 g/mol. The molecular weight excluding hydrogens is 549 g/mol. The molecule has 1 aliphatic rings. The fourth-order valence-electron chi connectivity index (χ4n) is 5.77. The van der Waals surface area contributed by atoms with Crippen molar-refractivity contribution in [1.29, 1.82) is 0 Å². The summed E-state index contributed by atoms with van der Waals surface area (Å²) in [7, 11) is 0. The second kappa shape index (κ2) is 12.8. The van der Waals surface area contributed by atoms with Gasteiger partial charge in [-0.15, -0.1) is 0 Å². The first-order chi connectivity index (χ1) is 21.3. The summed E-state index contributed by atoms with van der Waals surface area (Å²) in [5, 5.41) is 0.977. The number of hydrogen-bond donors (Lipinski definition) is 1. The van der Waals surface area contributed by atoms with Crippen LogP contribution in [0.1, 0.15) is 35.1 Å². The van der Waals surface area contributed by atoms with Gasteiger partial charge in [-0.3, -0.25) is 4.98 Å². The molecule has 7 heteroatoms. The van der Waals surface area contributed by atoms with Crippen molar-refractivity contribution < 1.29 is 9.13 Å². The minimum Gasteiger partial charge on any atom is -0.371 e. The quantitative estimate of drug-likeness (QED) is 0.118. The van der Waals surface area contributed by atoms with E-state index >= 15 is 0 Å². The van der Waals surface area contributed by atoms with Crippen LogP contribution in [-0.4, -0.2) is 28.0 Å². The zero-order valence-electron chi connectivity index (χ0n) is 24.3. The van der Waals surface area contributed by atoms with Crippen molar-refractivity contribution in [2.75, 3.05) is 18.0 Å². The van der Waals surface area contributed by atoms with Crippen LogP contribution in [0.5, 0.6) is 0 Å². The number of fused-ring (bicyclic) bond motifs is 1. The molecule has 0 saturated carbocycles. The fraction of sp³-hybridized carbons (Fsp3) is 0.222. The lowest BCUT2D eigenvalue weighted by molar-refractivity contribution is -0.664. The van der Waals surface area contributed by atoms with Gasteiger partial charge < -0.3 is 4.90 Å². The lowest BCUT2D eigenvalue weighted by atomic mass is 10.0. The molecule has 3 aromatic heterocycles. The maximum absolute atomic E-state index is 4.58. The molecule has 6 nitrogen and oxygen atoms in total. The van der Waals surface area contributed by atoms with E-state index in [2.05, 4.69) is 126 Å². The molecule has 0 atom stereocenters. The number of aromatic amines is 1. The Kier molecular flexibility index (Phi) is 8.14. The number of benzene rings is 3. The third kappa shape index (κ3) is 6.47. The number of anilines is 1. The van der Waals surface area contributed by atoms with Crippen molar-refractivity contribution in [3.8, 4) is 5.69 Å². The zero-order chi connectivity index (χ0) is 28.8. The van der Waals surface area contributed by atoms with E-state index in [-0.39, 0.29) is 0 Å². The van der Waals surface area contributed by atoms with Crippen molar-refractivity contribution in [2.24, 2.45) is 0 Å². The number of imidazole rings is 1. The Balaban J connectivity index is 0.943. The molecule has 4 heterocycles. The van der Waals surface area contributed by atoms with E-state index in [9.17, 15) is 0 Å². The number of nitrogens with one attached hydrogen (secondary N) is 1. The van der Waals surface area contributed by atoms with Gasteiger partial charge in [0.2, 0.25) is 11.2 Å². The van der Waals surface area contributed by atoms with Gasteiger partial charge in [-0.25, -0.2) is 9.55 Å². The molecule has 0 radical (unpaired) electrons. The summed E-state index contributed by atoms with van der Waals surface area (Å²) in [5.74, 6) is 0.878. The number of aryl methyl sites for hydroxylation is 2. The van der Waals surface area contributed by atoms with Crippen LogP contribution in [0.15, 0.2) is 121 Å². The number of aromatic nitrogens is 5. The summed E-state index contributed by atoms with van der Waals surface area (Å²) in [6.07, 6.45) is 12.7. The Hall–Kier alpha value is -4.49. The van der Waals surface area contributed by atoms with E-state index in [4.69, 9.17) is 0 Å². The summed E-state index contributed by atoms with van der Waals surface area (Å²) < 4.78 is 4.36. The van der Waals surface area contributed by atoms with Crippen molar-refractivity contribution in [3.05, 3.63) is 138 Å². The summed E-state index contributed by atoms with van der Waals surface area (Å²) in [6.45, 7) is 3.12. The van der Waals surface area contributed by atoms with Crippen LogP contribution in [0, 0.1) is 0 Å². The predicted molar refractivity (Wildman–Crippen MR) is 172 cm³/mol. The molecule has 1 aliphatic heterocycles. The van der Waals surface area contributed by atoms with Crippen molar-refractivity contribution >= 4 is 28.6 Å². The van der Waals surface area contributed by atoms with Gasteiger partial charge in [0.05, 0.1) is 6.54 Å². The second-order valence-electron chi connectivity index (χ2n) is 11.2. The molecule has 7 rings (SSSR count). The largest absolute Gasteiger partial charge is 0.371 e. The van der Waals surface area contributed by atoms with Crippen LogP contribution in [0.4, 0.5) is 5.69 Å². The molecule has 0 aliphatic carbocycles. The van der Waals surface area contributed by atoms with Crippen molar-refractivity contribution in [2.45, 2.75) is 43.0 Å². The van der Waals surface area contributed by atoms with E-state index in [1.165, 1.54) is 59.6 Å². The Morgan fingerprint density at radius 1 is 0.721 bits per heavy atom. The Morgan fingerprint density at radius 2 is 1.40 bits per heavy atom. The zero-order valence-corrected chi connectivity index (χ0v) is 25.1. The van der Waals surface area contributed by atoms with Gasteiger partial charge >= 0.3 is 5.65 Å². The number of nitrogens with zero attached hydrogens (tertiary/aromatic N) is 5. The Labute approximate surface area is 257 Å². The molecule has 1 fully saturated rings. The standard InChI is InChI=1S/C36H35N6S/c1-2-6-31(7-3-1)25-43-36-34-35(37-26-38-36)42(27-39-34)24-30-12-10-28(11-13-30)8-9-29-14-16-32(17-15-29)41-22-18-33(19-23-41)40-20-4-5-21-40/h1-3,6-7,10-19,22-23,26-27H,4-5,8-9,20-21,24-25H2/q+1/p+1. The smallest absolute Gasteiger partial charge is 0.306 e.